The van der Waals surface area contributed by atoms with Crippen molar-refractivity contribution in [2.24, 2.45) is 5.92 Å². The summed E-state index contributed by atoms with van der Waals surface area (Å²) in [6.07, 6.45) is 7.93. The van der Waals surface area contributed by atoms with Crippen LogP contribution in [0.25, 0.3) is 0 Å². The summed E-state index contributed by atoms with van der Waals surface area (Å²) in [5, 5.41) is 3.36. The largest absolute Gasteiger partial charge is 0.317 e. The average Bonchev–Trinajstić information content (AvgIpc) is 2.23. The molecule has 0 amide bonds. The molecule has 0 aliphatic heterocycles. The Bertz CT molecular complexity index is 269. The van der Waals surface area contributed by atoms with E-state index in [1.165, 1.54) is 31.9 Å². The highest BCUT2D eigenvalue weighted by Gasteiger charge is 2.18. The maximum absolute atomic E-state index is 11.1. The third-order valence-corrected chi connectivity index (χ3v) is 4.32. The second-order valence-electron chi connectivity index (χ2n) is 5.00. The van der Waals surface area contributed by atoms with Gasteiger partial charge in [0.15, 0.2) is 0 Å². The molecule has 104 valence electrons. The Hall–Kier alpha value is -0.0900. The first-order chi connectivity index (χ1) is 7.94. The molecule has 0 rings (SSSR count). The molecule has 1 atom stereocenters. The topological polar surface area (TPSA) is 46.2 Å². The molecule has 0 radical (unpaired) electrons. The monoisotopic (exact) mass is 263 g/mol. The van der Waals surface area contributed by atoms with Crippen molar-refractivity contribution in [3.63, 3.8) is 0 Å². The van der Waals surface area contributed by atoms with E-state index in [4.69, 9.17) is 0 Å². The van der Waals surface area contributed by atoms with Gasteiger partial charge < -0.3 is 5.32 Å². The lowest BCUT2D eigenvalue weighted by Crippen LogP contribution is -2.34. The SMILES string of the molecule is CCCC(CCC)C(CCCS(C)(=O)=O)NC. The zero-order chi connectivity index (χ0) is 13.3. The molecule has 0 aromatic carbocycles. The molecule has 17 heavy (non-hydrogen) atoms. The van der Waals surface area contributed by atoms with Gasteiger partial charge >= 0.3 is 0 Å². The van der Waals surface area contributed by atoms with Gasteiger partial charge in [-0.1, -0.05) is 26.7 Å². The summed E-state index contributed by atoms with van der Waals surface area (Å²) in [4.78, 5) is 0. The normalized spacial score (nSPS) is 14.2. The van der Waals surface area contributed by atoms with Gasteiger partial charge in [0.25, 0.3) is 0 Å². The minimum absolute atomic E-state index is 0.316. The maximum atomic E-state index is 11.1. The lowest BCUT2D eigenvalue weighted by Gasteiger charge is -2.26. The predicted molar refractivity (Wildman–Crippen MR) is 75.1 cm³/mol. The van der Waals surface area contributed by atoms with Crippen LogP contribution in [0.4, 0.5) is 0 Å². The molecule has 0 aliphatic carbocycles. The number of hydrogen-bond acceptors (Lipinski definition) is 3. The van der Waals surface area contributed by atoms with Gasteiger partial charge in [-0.3, -0.25) is 0 Å². The van der Waals surface area contributed by atoms with E-state index in [2.05, 4.69) is 19.2 Å². The van der Waals surface area contributed by atoms with Gasteiger partial charge in [-0.05, 0) is 38.6 Å². The lowest BCUT2D eigenvalue weighted by molar-refractivity contribution is 0.308. The molecule has 0 aromatic heterocycles. The van der Waals surface area contributed by atoms with Crippen molar-refractivity contribution in [1.82, 2.24) is 5.32 Å². The fourth-order valence-electron chi connectivity index (χ4n) is 2.47. The second-order valence-corrected chi connectivity index (χ2v) is 7.26. The Balaban J connectivity index is 4.17. The molecular formula is C13H29NO2S. The highest BCUT2D eigenvalue weighted by atomic mass is 32.2. The van der Waals surface area contributed by atoms with Crippen molar-refractivity contribution < 1.29 is 8.42 Å². The minimum atomic E-state index is -2.81. The minimum Gasteiger partial charge on any atom is -0.317 e. The van der Waals surface area contributed by atoms with Crippen LogP contribution < -0.4 is 5.32 Å². The summed E-state index contributed by atoms with van der Waals surface area (Å²) in [5.74, 6) is 1.01. The van der Waals surface area contributed by atoms with E-state index in [0.29, 0.717) is 17.7 Å². The zero-order valence-electron chi connectivity index (χ0n) is 11.8. The first-order valence-electron chi connectivity index (χ1n) is 6.79. The summed E-state index contributed by atoms with van der Waals surface area (Å²) in [6.45, 7) is 4.43. The summed E-state index contributed by atoms with van der Waals surface area (Å²) in [7, 11) is -0.817. The predicted octanol–water partition coefficient (Wildman–Crippen LogP) is 2.62. The van der Waals surface area contributed by atoms with Crippen molar-refractivity contribution >= 4 is 9.84 Å². The van der Waals surface area contributed by atoms with E-state index in [0.717, 1.165) is 12.8 Å². The van der Waals surface area contributed by atoms with E-state index in [-0.39, 0.29) is 0 Å². The number of hydrogen-bond donors (Lipinski definition) is 1. The van der Waals surface area contributed by atoms with Crippen LogP contribution in [0.1, 0.15) is 52.4 Å². The molecule has 0 fully saturated rings. The number of sulfone groups is 1. The van der Waals surface area contributed by atoms with Gasteiger partial charge in [0, 0.05) is 18.1 Å². The Morgan fingerprint density at radius 3 is 1.94 bits per heavy atom. The number of rotatable bonds is 10. The third-order valence-electron chi connectivity index (χ3n) is 3.29. The average molecular weight is 263 g/mol. The smallest absolute Gasteiger partial charge is 0.147 e. The number of nitrogens with one attached hydrogen (secondary N) is 1. The molecule has 3 nitrogen and oxygen atoms in total. The maximum Gasteiger partial charge on any atom is 0.147 e. The van der Waals surface area contributed by atoms with Crippen molar-refractivity contribution in [3.05, 3.63) is 0 Å². The molecule has 4 heteroatoms. The molecule has 0 heterocycles. The lowest BCUT2D eigenvalue weighted by atomic mass is 9.88. The quantitative estimate of drug-likeness (QED) is 0.659. The van der Waals surface area contributed by atoms with Gasteiger partial charge in [0.2, 0.25) is 0 Å². The van der Waals surface area contributed by atoms with Gasteiger partial charge in [-0.2, -0.15) is 0 Å². The fraction of sp³-hybridized carbons (Fsp3) is 1.00. The Morgan fingerprint density at radius 2 is 1.59 bits per heavy atom. The zero-order valence-corrected chi connectivity index (χ0v) is 12.6. The van der Waals surface area contributed by atoms with Gasteiger partial charge in [0.05, 0.1) is 0 Å². The van der Waals surface area contributed by atoms with Gasteiger partial charge in [-0.25, -0.2) is 8.42 Å². The second kappa shape index (κ2) is 8.92. The molecule has 0 aromatic rings. The molecule has 0 bridgehead atoms. The van der Waals surface area contributed by atoms with Crippen LogP contribution in [0.5, 0.6) is 0 Å². The van der Waals surface area contributed by atoms with Crippen LogP contribution in [0.15, 0.2) is 0 Å². The van der Waals surface area contributed by atoms with E-state index < -0.39 is 9.84 Å². The first-order valence-corrected chi connectivity index (χ1v) is 8.85. The fourth-order valence-corrected chi connectivity index (χ4v) is 3.16. The van der Waals surface area contributed by atoms with Crippen molar-refractivity contribution in [1.29, 1.82) is 0 Å². The Labute approximate surface area is 107 Å². The third kappa shape index (κ3) is 8.61. The van der Waals surface area contributed by atoms with E-state index in [1.54, 1.807) is 0 Å². The summed E-state index contributed by atoms with van der Waals surface area (Å²) >= 11 is 0. The van der Waals surface area contributed by atoms with Crippen LogP contribution in [0, 0.1) is 5.92 Å². The molecule has 1 unspecified atom stereocenters. The summed E-state index contributed by atoms with van der Waals surface area (Å²) in [5.41, 5.74) is 0. The summed E-state index contributed by atoms with van der Waals surface area (Å²) < 4.78 is 22.2. The Morgan fingerprint density at radius 1 is 1.06 bits per heavy atom. The molecular weight excluding hydrogens is 234 g/mol. The molecule has 0 spiro atoms. The van der Waals surface area contributed by atoms with E-state index in [9.17, 15) is 8.42 Å². The molecule has 0 saturated heterocycles. The van der Waals surface area contributed by atoms with E-state index in [1.807, 2.05) is 7.05 Å². The van der Waals surface area contributed by atoms with Crippen LogP contribution in [-0.2, 0) is 9.84 Å². The standard InChI is InChI=1S/C13H29NO2S/c1-5-8-12(9-6-2)13(14-3)10-7-11-17(4,15)16/h12-14H,5-11H2,1-4H3. The first kappa shape index (κ1) is 16.9. The van der Waals surface area contributed by atoms with Crippen LogP contribution >= 0.6 is 0 Å². The Kier molecular flexibility index (Phi) is 8.88. The van der Waals surface area contributed by atoms with Crippen LogP contribution in [-0.4, -0.2) is 33.5 Å². The van der Waals surface area contributed by atoms with Crippen LogP contribution in [0.2, 0.25) is 0 Å². The van der Waals surface area contributed by atoms with Crippen molar-refractivity contribution in [2.45, 2.75) is 58.4 Å². The van der Waals surface area contributed by atoms with Gasteiger partial charge in [-0.15, -0.1) is 0 Å². The van der Waals surface area contributed by atoms with Crippen molar-refractivity contribution in [3.8, 4) is 0 Å². The van der Waals surface area contributed by atoms with Gasteiger partial charge in [0.1, 0.15) is 9.84 Å². The van der Waals surface area contributed by atoms with E-state index >= 15 is 0 Å². The molecule has 0 aliphatic rings. The highest BCUT2D eigenvalue weighted by molar-refractivity contribution is 7.90. The summed E-state index contributed by atoms with van der Waals surface area (Å²) in [6, 6.07) is 0.469. The molecule has 0 saturated carbocycles. The molecule has 1 N–H and O–H groups in total. The van der Waals surface area contributed by atoms with Crippen LogP contribution in [0.3, 0.4) is 0 Å². The highest BCUT2D eigenvalue weighted by Crippen LogP contribution is 2.21. The van der Waals surface area contributed by atoms with Crippen molar-refractivity contribution in [2.75, 3.05) is 19.1 Å².